The highest BCUT2D eigenvalue weighted by Gasteiger charge is 2.32. The van der Waals surface area contributed by atoms with Crippen LogP contribution in [0, 0.1) is 0 Å². The van der Waals surface area contributed by atoms with Crippen LogP contribution < -0.4 is 20.9 Å². The predicted molar refractivity (Wildman–Crippen MR) is 164 cm³/mol. The van der Waals surface area contributed by atoms with Crippen molar-refractivity contribution in [2.75, 3.05) is 11.5 Å². The normalized spacial score (nSPS) is 11.4. The van der Waals surface area contributed by atoms with Crippen LogP contribution in [0.25, 0.3) is 0 Å². The molecule has 0 amide bonds. The quantitative estimate of drug-likeness (QED) is 0.182. The molecule has 0 heterocycles. The fourth-order valence-corrected chi connectivity index (χ4v) is 5.44. The molecular formula is C35H42N2O2. The molecule has 0 aromatic heterocycles. The Balaban J connectivity index is 1.72. The molecule has 0 aliphatic rings. The third kappa shape index (κ3) is 6.39. The summed E-state index contributed by atoms with van der Waals surface area (Å²) in [6.07, 6.45) is 6.00. The van der Waals surface area contributed by atoms with Crippen molar-refractivity contribution >= 4 is 11.4 Å². The summed E-state index contributed by atoms with van der Waals surface area (Å²) in [5.41, 5.74) is 18.2. The van der Waals surface area contributed by atoms with Crippen molar-refractivity contribution in [2.45, 2.75) is 71.6 Å². The van der Waals surface area contributed by atoms with Gasteiger partial charge in [0.15, 0.2) is 0 Å². The molecule has 4 heteroatoms. The van der Waals surface area contributed by atoms with Gasteiger partial charge in [-0.1, -0.05) is 64.8 Å². The molecule has 204 valence electrons. The third-order valence-corrected chi connectivity index (χ3v) is 7.69. The minimum atomic E-state index is -0.107. The molecule has 4 aromatic carbocycles. The van der Waals surface area contributed by atoms with Gasteiger partial charge in [0, 0.05) is 16.8 Å². The van der Waals surface area contributed by atoms with Crippen LogP contribution in [0.4, 0.5) is 11.4 Å². The van der Waals surface area contributed by atoms with Gasteiger partial charge >= 0.3 is 0 Å². The Morgan fingerprint density at radius 1 is 0.538 bits per heavy atom. The van der Waals surface area contributed by atoms with Crippen molar-refractivity contribution in [1.29, 1.82) is 0 Å². The second kappa shape index (κ2) is 12.8. The Labute approximate surface area is 234 Å². The molecule has 0 bridgehead atoms. The van der Waals surface area contributed by atoms with Crippen LogP contribution in [0.1, 0.15) is 75.6 Å². The number of benzene rings is 4. The standard InChI is InChI=1S/C35H42N2O2/c1-5-9-25-23-27(11-21-33(25)38-31-17-13-29(36)14-18-31)35(7-3,8-4)28-12-22-34(26(24-28)10-6-2)39-32-19-15-30(37)16-20-32/h11-24H,5-10,36-37H2,1-4H3. The van der Waals surface area contributed by atoms with E-state index in [4.69, 9.17) is 20.9 Å². The predicted octanol–water partition coefficient (Wildman–Crippen LogP) is 9.45. The first-order valence-corrected chi connectivity index (χ1v) is 14.3. The maximum atomic E-state index is 6.31. The molecule has 0 saturated heterocycles. The summed E-state index contributed by atoms with van der Waals surface area (Å²) in [6.45, 7) is 9.01. The molecule has 4 aromatic rings. The molecule has 4 nitrogen and oxygen atoms in total. The maximum Gasteiger partial charge on any atom is 0.130 e. The minimum absolute atomic E-state index is 0.107. The summed E-state index contributed by atoms with van der Waals surface area (Å²) in [4.78, 5) is 0. The largest absolute Gasteiger partial charge is 0.457 e. The van der Waals surface area contributed by atoms with Gasteiger partial charge in [0.2, 0.25) is 0 Å². The van der Waals surface area contributed by atoms with Crippen molar-refractivity contribution in [3.63, 3.8) is 0 Å². The number of anilines is 2. The second-order valence-corrected chi connectivity index (χ2v) is 10.3. The van der Waals surface area contributed by atoms with E-state index in [2.05, 4.69) is 64.1 Å². The highest BCUT2D eigenvalue weighted by Crippen LogP contribution is 2.43. The van der Waals surface area contributed by atoms with Crippen LogP contribution in [0.5, 0.6) is 23.0 Å². The van der Waals surface area contributed by atoms with E-state index < -0.39 is 0 Å². The van der Waals surface area contributed by atoms with E-state index >= 15 is 0 Å². The Hall–Kier alpha value is -3.92. The van der Waals surface area contributed by atoms with Crippen molar-refractivity contribution in [3.05, 3.63) is 107 Å². The summed E-state index contributed by atoms with van der Waals surface area (Å²) in [7, 11) is 0. The Morgan fingerprint density at radius 3 is 1.26 bits per heavy atom. The van der Waals surface area contributed by atoms with E-state index in [0.717, 1.165) is 72.9 Å². The lowest BCUT2D eigenvalue weighted by molar-refractivity contribution is 0.459. The summed E-state index contributed by atoms with van der Waals surface area (Å²) >= 11 is 0. The van der Waals surface area contributed by atoms with E-state index in [1.54, 1.807) is 0 Å². The first kappa shape index (κ1) is 28.1. The molecule has 0 radical (unpaired) electrons. The minimum Gasteiger partial charge on any atom is -0.457 e. The molecule has 4 rings (SSSR count). The number of hydrogen-bond acceptors (Lipinski definition) is 4. The fourth-order valence-electron chi connectivity index (χ4n) is 5.44. The maximum absolute atomic E-state index is 6.31. The third-order valence-electron chi connectivity index (χ3n) is 7.69. The van der Waals surface area contributed by atoms with Gasteiger partial charge in [-0.25, -0.2) is 0 Å². The van der Waals surface area contributed by atoms with Gasteiger partial charge in [-0.15, -0.1) is 0 Å². The number of aryl methyl sites for hydroxylation is 2. The van der Waals surface area contributed by atoms with E-state index in [9.17, 15) is 0 Å². The smallest absolute Gasteiger partial charge is 0.130 e. The number of ether oxygens (including phenoxy) is 2. The van der Waals surface area contributed by atoms with Crippen LogP contribution in [-0.4, -0.2) is 0 Å². The molecule has 0 fully saturated rings. The molecule has 4 N–H and O–H groups in total. The van der Waals surface area contributed by atoms with Crippen LogP contribution in [0.3, 0.4) is 0 Å². The van der Waals surface area contributed by atoms with Gasteiger partial charge < -0.3 is 20.9 Å². The first-order valence-electron chi connectivity index (χ1n) is 14.3. The molecule has 0 spiro atoms. The lowest BCUT2D eigenvalue weighted by Gasteiger charge is -2.34. The Bertz CT molecular complexity index is 1250. The zero-order valence-electron chi connectivity index (χ0n) is 23.8. The molecule has 0 atom stereocenters. The highest BCUT2D eigenvalue weighted by molar-refractivity contribution is 5.51. The van der Waals surface area contributed by atoms with Gasteiger partial charge in [0.05, 0.1) is 0 Å². The SMILES string of the molecule is CCCc1cc(C(CC)(CC)c2ccc(Oc3ccc(N)cc3)c(CCC)c2)ccc1Oc1ccc(N)cc1. The number of nitrogen functional groups attached to an aromatic ring is 2. The summed E-state index contributed by atoms with van der Waals surface area (Å²) in [5, 5.41) is 0. The van der Waals surface area contributed by atoms with Gasteiger partial charge in [0.25, 0.3) is 0 Å². The second-order valence-electron chi connectivity index (χ2n) is 10.3. The summed E-state index contributed by atoms with van der Waals surface area (Å²) in [6, 6.07) is 28.7. The monoisotopic (exact) mass is 522 g/mol. The Kier molecular flexibility index (Phi) is 9.19. The molecule has 0 saturated carbocycles. The summed E-state index contributed by atoms with van der Waals surface area (Å²) in [5.74, 6) is 3.41. The lowest BCUT2D eigenvalue weighted by atomic mass is 9.69. The highest BCUT2D eigenvalue weighted by atomic mass is 16.5. The van der Waals surface area contributed by atoms with E-state index in [1.165, 1.54) is 22.3 Å². The fraction of sp³-hybridized carbons (Fsp3) is 0.314. The average Bonchev–Trinajstić information content (AvgIpc) is 2.95. The van der Waals surface area contributed by atoms with E-state index in [-0.39, 0.29) is 5.41 Å². The van der Waals surface area contributed by atoms with Gasteiger partial charge in [-0.2, -0.15) is 0 Å². The number of rotatable bonds is 12. The van der Waals surface area contributed by atoms with Crippen LogP contribution >= 0.6 is 0 Å². The van der Waals surface area contributed by atoms with E-state index in [1.807, 2.05) is 48.5 Å². The zero-order valence-corrected chi connectivity index (χ0v) is 23.8. The Morgan fingerprint density at radius 2 is 0.923 bits per heavy atom. The van der Waals surface area contributed by atoms with Crippen molar-refractivity contribution in [3.8, 4) is 23.0 Å². The van der Waals surface area contributed by atoms with Crippen molar-refractivity contribution in [1.82, 2.24) is 0 Å². The molecule has 0 aliphatic heterocycles. The lowest BCUT2D eigenvalue weighted by Crippen LogP contribution is -2.26. The molecule has 0 unspecified atom stereocenters. The number of hydrogen-bond donors (Lipinski definition) is 2. The number of nitrogens with two attached hydrogens (primary N) is 2. The van der Waals surface area contributed by atoms with Crippen LogP contribution in [-0.2, 0) is 18.3 Å². The van der Waals surface area contributed by atoms with Gasteiger partial charge in [0.1, 0.15) is 23.0 Å². The van der Waals surface area contributed by atoms with Crippen LogP contribution in [0.2, 0.25) is 0 Å². The molecule has 0 aliphatic carbocycles. The van der Waals surface area contributed by atoms with E-state index in [0.29, 0.717) is 0 Å². The molecule has 39 heavy (non-hydrogen) atoms. The van der Waals surface area contributed by atoms with Gasteiger partial charge in [-0.05, 0) is 109 Å². The van der Waals surface area contributed by atoms with Crippen molar-refractivity contribution in [2.24, 2.45) is 0 Å². The molecular weight excluding hydrogens is 480 g/mol. The summed E-state index contributed by atoms with van der Waals surface area (Å²) < 4.78 is 12.6. The topological polar surface area (TPSA) is 70.5 Å². The van der Waals surface area contributed by atoms with Crippen molar-refractivity contribution < 1.29 is 9.47 Å². The first-order chi connectivity index (χ1) is 18.9. The van der Waals surface area contributed by atoms with Crippen LogP contribution in [0.15, 0.2) is 84.9 Å². The average molecular weight is 523 g/mol. The van der Waals surface area contributed by atoms with Gasteiger partial charge in [-0.3, -0.25) is 0 Å². The zero-order chi connectivity index (χ0) is 27.8.